The molecule has 4 atom stereocenters. The largest absolute Gasteiger partial charge is 0.466 e. The van der Waals surface area contributed by atoms with Crippen molar-refractivity contribution in [2.45, 2.75) is 181 Å². The summed E-state index contributed by atoms with van der Waals surface area (Å²) >= 11 is 0. The van der Waals surface area contributed by atoms with Gasteiger partial charge in [0, 0.05) is 92.7 Å². The first-order valence-electron chi connectivity index (χ1n) is 44.7. The van der Waals surface area contributed by atoms with Crippen LogP contribution in [0.3, 0.4) is 0 Å². The summed E-state index contributed by atoms with van der Waals surface area (Å²) in [6.07, 6.45) is -11.4. The molecule has 4 aliphatic heterocycles. The first-order chi connectivity index (χ1) is 66.2. The Hall–Kier alpha value is -14.4. The molecule has 4 saturated heterocycles. The summed E-state index contributed by atoms with van der Waals surface area (Å²) in [6.45, 7) is 19.6. The fourth-order valence-corrected chi connectivity index (χ4v) is 16.4. The number of nitrogens with one attached hydrogen (secondary N) is 1. The molecule has 8 aromatic heterocycles. The molecule has 4 aliphatic rings. The van der Waals surface area contributed by atoms with Crippen LogP contribution in [0.15, 0.2) is 146 Å². The first kappa shape index (κ1) is 104. The lowest BCUT2D eigenvalue weighted by atomic mass is 9.90. The third-order valence-electron chi connectivity index (χ3n) is 23.5. The molecule has 6 amide bonds. The molecule has 12 heterocycles. The maximum absolute atomic E-state index is 13.9. The monoisotopic (exact) mass is 1980 g/mol. The van der Waals surface area contributed by atoms with Gasteiger partial charge in [-0.25, -0.2) is 65.1 Å². The van der Waals surface area contributed by atoms with Crippen molar-refractivity contribution in [3.8, 4) is 45.0 Å². The Labute approximate surface area is 794 Å². The second-order valence-electron chi connectivity index (χ2n) is 35.7. The van der Waals surface area contributed by atoms with Gasteiger partial charge in [0.15, 0.2) is 22.6 Å². The van der Waals surface area contributed by atoms with Crippen LogP contribution in [-0.2, 0) is 53.2 Å². The number of aromatic nitrogens is 12. The predicted octanol–water partition coefficient (Wildman–Crippen LogP) is 18.4. The number of esters is 2. The molecule has 141 heavy (non-hydrogen) atoms. The molecule has 30 nitrogen and oxygen atoms in total. The molecule has 12 aromatic rings. The molecule has 0 unspecified atom stereocenters. The van der Waals surface area contributed by atoms with Crippen LogP contribution in [0.5, 0.6) is 0 Å². The number of fused-ring (bicyclic) bond motifs is 4. The molecule has 0 spiro atoms. The van der Waals surface area contributed by atoms with Crippen LogP contribution in [-0.4, -0.2) is 226 Å². The van der Waals surface area contributed by atoms with E-state index >= 15 is 0 Å². The van der Waals surface area contributed by atoms with E-state index in [1.165, 1.54) is 79.2 Å². The van der Waals surface area contributed by atoms with Crippen LogP contribution in [0, 0.1) is 35.1 Å². The van der Waals surface area contributed by atoms with Gasteiger partial charge in [-0.1, -0.05) is 0 Å². The van der Waals surface area contributed by atoms with E-state index in [2.05, 4.69) is 45.6 Å². The Bertz CT molecular complexity index is 6410. The Balaban J connectivity index is 0.000000158. The highest BCUT2D eigenvalue weighted by molar-refractivity contribution is 5.96. The van der Waals surface area contributed by atoms with Gasteiger partial charge in [0.05, 0.1) is 72.6 Å². The van der Waals surface area contributed by atoms with E-state index in [0.29, 0.717) is 77.5 Å². The lowest BCUT2D eigenvalue weighted by molar-refractivity contribution is -0.152. The second-order valence-corrected chi connectivity index (χ2v) is 35.7. The molecule has 4 aromatic carbocycles. The normalized spacial score (nSPS) is 17.0. The smallest absolute Gasteiger partial charge is 0.420 e. The van der Waals surface area contributed by atoms with Crippen molar-refractivity contribution in [3.05, 3.63) is 214 Å². The summed E-state index contributed by atoms with van der Waals surface area (Å²) in [7, 11) is 1.64. The van der Waals surface area contributed by atoms with E-state index < -0.39 is 176 Å². The number of amides is 6. The summed E-state index contributed by atoms with van der Waals surface area (Å²) in [5.74, 6) is -6.25. The topological polar surface area (TPSA) is 322 Å². The molecule has 0 radical (unpaired) electrons. The highest BCUT2D eigenvalue weighted by Gasteiger charge is 2.45. The third-order valence-corrected chi connectivity index (χ3v) is 23.5. The summed E-state index contributed by atoms with van der Waals surface area (Å²) in [6, 6.07) is 21.5. The number of benzene rings is 4. The number of alkyl halides is 12. The van der Waals surface area contributed by atoms with Crippen molar-refractivity contribution < 1.29 is 128 Å². The van der Waals surface area contributed by atoms with E-state index in [0.717, 1.165) is 109 Å². The second kappa shape index (κ2) is 41.9. The summed E-state index contributed by atoms with van der Waals surface area (Å²) < 4.78 is 244. The zero-order valence-corrected chi connectivity index (χ0v) is 77.7. The van der Waals surface area contributed by atoms with Crippen LogP contribution < -0.4 is 5.32 Å². The Morgan fingerprint density at radius 1 is 0.383 bits per heavy atom. The zero-order chi connectivity index (χ0) is 103. The van der Waals surface area contributed by atoms with Gasteiger partial charge in [-0.2, -0.15) is 73.1 Å². The van der Waals surface area contributed by atoms with Crippen molar-refractivity contribution in [1.82, 2.24) is 88.2 Å². The van der Waals surface area contributed by atoms with Crippen molar-refractivity contribution in [2.75, 3.05) is 59.5 Å². The number of carbonyl (C=O) groups is 8. The van der Waals surface area contributed by atoms with Gasteiger partial charge in [-0.15, -0.1) is 0 Å². The molecule has 4 fully saturated rings. The SMILES string of the molecule is CC(C)(C)OC(=O)NC1CCN(C(=O)c2cn3nc(-c4ccc(F)cc4)cc(C(F)(F)F)c3n2)CC1.CCOC(=O)[C@@H]1CCCN(C(=O)c2cn3nc(-c4ccc(F)cc4)cc(C(F)(F)F)c3n2)[C@@H]1C.CCOC(=O)[C@H]1CCCN(C(=O)c2cn3nc(-c4ccc(F)cc4)cc(C(F)(F)F)c3n2)[C@@H]1C.CN(C(=O)OC(C)(C)C)C1CCN(C(=O)c2cn3nc(-c4ccc(F)cc4)cc(C(F)(F)F)c3n2)CC1. The van der Waals surface area contributed by atoms with Crippen molar-refractivity contribution >= 4 is 70.3 Å². The Morgan fingerprint density at radius 3 is 0.915 bits per heavy atom. The number of piperidine rings is 4. The van der Waals surface area contributed by atoms with Crippen molar-refractivity contribution in [1.29, 1.82) is 0 Å². The molecule has 16 rings (SSSR count). The number of hydrogen-bond donors (Lipinski definition) is 1. The standard InChI is InChI=1S/C25H27F4N5O3.C24H25F4N5O3.2C23H22F4N4O3/c1-24(2,3)37-23(36)32(4)17-9-11-33(12-10-17)22(35)20-14-34-21(30-20)18(25(27,28)29)13-19(31-34)15-5-7-16(26)8-6-15;1-23(2,3)36-22(35)29-16-8-10-32(11-9-16)21(34)19-13-33-20(30-19)17(24(26,27)28)12-18(31-33)14-4-6-15(25)7-5-14;2*1-3-34-22(33)16-5-4-10-30(13(16)2)21(32)19-12-31-20(28-19)17(23(25,26)27)11-18(29-31)14-6-8-15(24)9-7-14/h5-8,13-14,17H,9-12H2,1-4H3;4-7,12-13,16H,8-11H2,1-3H3,(H,29,35);2*6-9,11-13,16H,3-5,10H2,1-2H3/t;;13-,16+;13-,16-/m..11/s1. The lowest BCUT2D eigenvalue weighted by Gasteiger charge is -2.37. The van der Waals surface area contributed by atoms with E-state index in [4.69, 9.17) is 18.9 Å². The highest BCUT2D eigenvalue weighted by atomic mass is 19.4. The number of carbonyl (C=O) groups excluding carboxylic acids is 8. The number of ether oxygens (including phenoxy) is 4. The van der Waals surface area contributed by atoms with Gasteiger partial charge in [-0.05, 0) is 242 Å². The zero-order valence-electron chi connectivity index (χ0n) is 77.7. The molecule has 0 aliphatic carbocycles. The first-order valence-corrected chi connectivity index (χ1v) is 44.7. The van der Waals surface area contributed by atoms with Crippen LogP contribution in [0.2, 0.25) is 0 Å². The summed E-state index contributed by atoms with van der Waals surface area (Å²) in [4.78, 5) is 125. The average Bonchev–Trinajstić information content (AvgIpc) is 1.64. The van der Waals surface area contributed by atoms with Crippen LogP contribution in [0.1, 0.15) is 185 Å². The van der Waals surface area contributed by atoms with Gasteiger partial charge >= 0.3 is 48.8 Å². The molecule has 0 bridgehead atoms. The number of imidazole rings is 4. The molecule has 750 valence electrons. The number of nitrogens with zero attached hydrogens (tertiary/aromatic N) is 17. The number of alkyl carbamates (subject to hydrolysis) is 1. The van der Waals surface area contributed by atoms with Gasteiger partial charge in [0.25, 0.3) is 23.6 Å². The summed E-state index contributed by atoms with van der Waals surface area (Å²) in [5.41, 5.74) is -7.42. The molecule has 46 heteroatoms. The average molecular weight is 1990 g/mol. The maximum atomic E-state index is 13.9. The minimum Gasteiger partial charge on any atom is -0.466 e. The molecular formula is C95H96F16N18O12. The van der Waals surface area contributed by atoms with Gasteiger partial charge in [0.2, 0.25) is 0 Å². The van der Waals surface area contributed by atoms with Crippen molar-refractivity contribution in [3.63, 3.8) is 0 Å². The van der Waals surface area contributed by atoms with Crippen LogP contribution in [0.4, 0.5) is 79.8 Å². The number of halogens is 16. The van der Waals surface area contributed by atoms with Crippen molar-refractivity contribution in [2.24, 2.45) is 11.8 Å². The van der Waals surface area contributed by atoms with Crippen LogP contribution >= 0.6 is 0 Å². The Kier molecular flexibility index (Phi) is 30.9. The number of rotatable bonds is 14. The fourth-order valence-electron chi connectivity index (χ4n) is 16.4. The fraction of sp³-hybridized carbons (Fsp3) is 0.411. The Morgan fingerprint density at radius 2 is 0.652 bits per heavy atom. The van der Waals surface area contributed by atoms with E-state index in [-0.39, 0.29) is 106 Å². The minimum atomic E-state index is -4.77. The van der Waals surface area contributed by atoms with Crippen LogP contribution in [0.25, 0.3) is 67.6 Å². The third kappa shape index (κ3) is 24.9. The maximum Gasteiger partial charge on any atom is 0.420 e. The van der Waals surface area contributed by atoms with Gasteiger partial charge in [-0.3, -0.25) is 28.8 Å². The van der Waals surface area contributed by atoms with Gasteiger partial charge < -0.3 is 48.8 Å². The minimum absolute atomic E-state index is 0.0396. The van der Waals surface area contributed by atoms with E-state index in [9.17, 15) is 109 Å². The van der Waals surface area contributed by atoms with E-state index in [1.54, 1.807) is 76.3 Å². The highest BCUT2D eigenvalue weighted by Crippen LogP contribution is 2.41. The molecular weight excluding hydrogens is 1890 g/mol. The molecule has 0 saturated carbocycles. The predicted molar refractivity (Wildman–Crippen MR) is 474 cm³/mol. The number of likely N-dealkylation sites (tertiary alicyclic amines) is 4. The summed E-state index contributed by atoms with van der Waals surface area (Å²) in [5, 5.41) is 19.5. The van der Waals surface area contributed by atoms with Gasteiger partial charge in [0.1, 0.15) is 79.5 Å². The number of hydrogen-bond acceptors (Lipinski definition) is 20. The quantitative estimate of drug-likeness (QED) is 0.0600. The lowest BCUT2D eigenvalue weighted by Crippen LogP contribution is -2.49. The van der Waals surface area contributed by atoms with E-state index in [1.807, 2.05) is 0 Å². The molecule has 1 N–H and O–H groups in total.